The van der Waals surface area contributed by atoms with E-state index in [-0.39, 0.29) is 0 Å². The maximum Gasteiger partial charge on any atom is 0.211 e. The molecule has 0 radical (unpaired) electrons. The summed E-state index contributed by atoms with van der Waals surface area (Å²) in [5.41, 5.74) is 0. The molecule has 0 aromatic heterocycles. The Balaban J connectivity index is 2.19. The molecule has 0 spiro atoms. The Bertz CT molecular complexity index is 306. The molecule has 0 bridgehead atoms. The summed E-state index contributed by atoms with van der Waals surface area (Å²) in [5, 5.41) is 3.46. The molecule has 5 heteroatoms. The maximum atomic E-state index is 11.3. The third-order valence-corrected chi connectivity index (χ3v) is 4.24. The van der Waals surface area contributed by atoms with Crippen LogP contribution in [0.2, 0.25) is 0 Å². The smallest absolute Gasteiger partial charge is 0.211 e. The quantitative estimate of drug-likeness (QED) is 0.561. The zero-order valence-corrected chi connectivity index (χ0v) is 10.8. The van der Waals surface area contributed by atoms with Crippen molar-refractivity contribution in [3.05, 3.63) is 12.7 Å². The van der Waals surface area contributed by atoms with Gasteiger partial charge in [-0.1, -0.05) is 6.08 Å². The summed E-state index contributed by atoms with van der Waals surface area (Å²) < 4.78 is 24.1. The highest BCUT2D eigenvalue weighted by atomic mass is 32.2. The second-order valence-electron chi connectivity index (χ2n) is 4.32. The number of nitrogens with zero attached hydrogens (tertiary/aromatic N) is 1. The molecule has 0 saturated carbocycles. The number of hydrogen-bond acceptors (Lipinski definition) is 3. The van der Waals surface area contributed by atoms with Gasteiger partial charge in [0.05, 0.1) is 6.26 Å². The maximum absolute atomic E-state index is 11.3. The van der Waals surface area contributed by atoms with E-state index in [1.165, 1.54) is 6.26 Å². The van der Waals surface area contributed by atoms with Crippen LogP contribution in [0, 0.1) is 0 Å². The minimum atomic E-state index is -2.99. The molecule has 0 unspecified atom stereocenters. The van der Waals surface area contributed by atoms with Crippen molar-refractivity contribution in [3.63, 3.8) is 0 Å². The molecular weight excluding hydrogens is 224 g/mol. The monoisotopic (exact) mass is 246 g/mol. The molecule has 1 aliphatic heterocycles. The molecule has 94 valence electrons. The normalized spacial score (nSPS) is 19.8. The lowest BCUT2D eigenvalue weighted by Crippen LogP contribution is -2.44. The summed E-state index contributed by atoms with van der Waals surface area (Å²) in [6.07, 6.45) is 7.19. The van der Waals surface area contributed by atoms with E-state index in [4.69, 9.17) is 0 Å². The zero-order valence-electron chi connectivity index (χ0n) is 9.98. The zero-order chi connectivity index (χ0) is 12.0. The first kappa shape index (κ1) is 13.7. The van der Waals surface area contributed by atoms with Crippen LogP contribution in [0.4, 0.5) is 0 Å². The molecule has 0 aromatic rings. The highest BCUT2D eigenvalue weighted by Crippen LogP contribution is 2.13. The molecule has 16 heavy (non-hydrogen) atoms. The first-order valence-corrected chi connectivity index (χ1v) is 7.68. The predicted octanol–water partition coefficient (Wildman–Crippen LogP) is 0.966. The van der Waals surface area contributed by atoms with E-state index in [2.05, 4.69) is 11.9 Å². The van der Waals surface area contributed by atoms with Gasteiger partial charge in [-0.2, -0.15) is 0 Å². The van der Waals surface area contributed by atoms with Crippen molar-refractivity contribution in [1.82, 2.24) is 9.62 Å². The Hall–Kier alpha value is -0.390. The molecule has 0 aromatic carbocycles. The third-order valence-electron chi connectivity index (χ3n) is 2.94. The van der Waals surface area contributed by atoms with Crippen LogP contribution < -0.4 is 5.32 Å². The van der Waals surface area contributed by atoms with Gasteiger partial charge in [0, 0.05) is 19.1 Å². The van der Waals surface area contributed by atoms with Gasteiger partial charge in [0.2, 0.25) is 10.0 Å². The number of rotatable bonds is 6. The minimum Gasteiger partial charge on any atom is -0.314 e. The van der Waals surface area contributed by atoms with E-state index < -0.39 is 10.0 Å². The van der Waals surface area contributed by atoms with E-state index in [1.54, 1.807) is 4.31 Å². The van der Waals surface area contributed by atoms with Gasteiger partial charge in [-0.05, 0) is 32.2 Å². The van der Waals surface area contributed by atoms with E-state index in [0.29, 0.717) is 19.1 Å². The molecule has 4 nitrogen and oxygen atoms in total. The second-order valence-corrected chi connectivity index (χ2v) is 6.30. The highest BCUT2D eigenvalue weighted by molar-refractivity contribution is 7.88. The molecule has 0 amide bonds. The molecule has 1 rings (SSSR count). The summed E-state index contributed by atoms with van der Waals surface area (Å²) in [4.78, 5) is 0. The molecule has 0 atom stereocenters. The average molecular weight is 246 g/mol. The van der Waals surface area contributed by atoms with Crippen molar-refractivity contribution in [2.45, 2.75) is 31.7 Å². The molecular formula is C11H22N2O2S. The van der Waals surface area contributed by atoms with Crippen molar-refractivity contribution in [3.8, 4) is 0 Å². The fourth-order valence-electron chi connectivity index (χ4n) is 1.94. The van der Waals surface area contributed by atoms with E-state index in [9.17, 15) is 8.42 Å². The van der Waals surface area contributed by atoms with E-state index >= 15 is 0 Å². The summed E-state index contributed by atoms with van der Waals surface area (Å²) in [6, 6.07) is 0.475. The lowest BCUT2D eigenvalue weighted by atomic mass is 10.1. The fourth-order valence-corrected chi connectivity index (χ4v) is 2.82. The lowest BCUT2D eigenvalue weighted by Gasteiger charge is -2.30. The largest absolute Gasteiger partial charge is 0.314 e. The SMILES string of the molecule is C=CCCCNC1CCN(S(C)(=O)=O)CC1. The van der Waals surface area contributed by atoms with Crippen LogP contribution >= 0.6 is 0 Å². The standard InChI is InChI=1S/C11H22N2O2S/c1-3-4-5-8-12-11-6-9-13(10-7-11)16(2,14)15/h3,11-12H,1,4-10H2,2H3. The molecule has 1 fully saturated rings. The molecule has 1 saturated heterocycles. The topological polar surface area (TPSA) is 49.4 Å². The van der Waals surface area contributed by atoms with Gasteiger partial charge in [-0.25, -0.2) is 12.7 Å². The van der Waals surface area contributed by atoms with Crippen molar-refractivity contribution < 1.29 is 8.42 Å². The van der Waals surface area contributed by atoms with Crippen molar-refractivity contribution in [2.24, 2.45) is 0 Å². The Morgan fingerprint density at radius 2 is 2.06 bits per heavy atom. The lowest BCUT2D eigenvalue weighted by molar-refractivity contribution is 0.291. The fraction of sp³-hybridized carbons (Fsp3) is 0.818. The number of unbranched alkanes of at least 4 members (excludes halogenated alkanes) is 1. The summed E-state index contributed by atoms with van der Waals surface area (Å²) in [5.74, 6) is 0. The molecule has 1 aliphatic rings. The first-order valence-electron chi connectivity index (χ1n) is 5.83. The van der Waals surface area contributed by atoms with Gasteiger partial charge < -0.3 is 5.32 Å². The van der Waals surface area contributed by atoms with E-state index in [0.717, 1.165) is 32.2 Å². The van der Waals surface area contributed by atoms with Gasteiger partial charge in [-0.3, -0.25) is 0 Å². The summed E-state index contributed by atoms with van der Waals surface area (Å²) in [7, 11) is -2.99. The third kappa shape index (κ3) is 4.63. The van der Waals surface area contributed by atoms with Gasteiger partial charge in [0.15, 0.2) is 0 Å². The first-order chi connectivity index (χ1) is 7.54. The number of allylic oxidation sites excluding steroid dienone is 1. The highest BCUT2D eigenvalue weighted by Gasteiger charge is 2.24. The van der Waals surface area contributed by atoms with Crippen LogP contribution in [0.15, 0.2) is 12.7 Å². The predicted molar refractivity (Wildman–Crippen MR) is 66.9 cm³/mol. The van der Waals surface area contributed by atoms with Gasteiger partial charge >= 0.3 is 0 Å². The van der Waals surface area contributed by atoms with Crippen LogP contribution in [0.3, 0.4) is 0 Å². The van der Waals surface area contributed by atoms with Gasteiger partial charge in [0.1, 0.15) is 0 Å². The second kappa shape index (κ2) is 6.37. The Morgan fingerprint density at radius 3 is 2.56 bits per heavy atom. The van der Waals surface area contributed by atoms with Crippen LogP contribution in [-0.4, -0.2) is 44.7 Å². The van der Waals surface area contributed by atoms with E-state index in [1.807, 2.05) is 6.08 Å². The number of piperidine rings is 1. The number of nitrogens with one attached hydrogen (secondary N) is 1. The molecule has 1 heterocycles. The Kier molecular flexibility index (Phi) is 5.44. The van der Waals surface area contributed by atoms with Crippen LogP contribution in [0.1, 0.15) is 25.7 Å². The summed E-state index contributed by atoms with van der Waals surface area (Å²) >= 11 is 0. The Morgan fingerprint density at radius 1 is 1.44 bits per heavy atom. The number of sulfonamides is 1. The minimum absolute atomic E-state index is 0.475. The number of hydrogen-bond donors (Lipinski definition) is 1. The van der Waals surface area contributed by atoms with Crippen molar-refractivity contribution in [2.75, 3.05) is 25.9 Å². The molecule has 1 N–H and O–H groups in total. The Labute approximate surface area is 98.8 Å². The molecule has 0 aliphatic carbocycles. The van der Waals surface area contributed by atoms with Gasteiger partial charge in [0.25, 0.3) is 0 Å². The average Bonchev–Trinajstić information content (AvgIpc) is 2.24. The van der Waals surface area contributed by atoms with Crippen LogP contribution in [0.5, 0.6) is 0 Å². The summed E-state index contributed by atoms with van der Waals surface area (Å²) in [6.45, 7) is 5.98. The van der Waals surface area contributed by atoms with Crippen molar-refractivity contribution >= 4 is 10.0 Å². The van der Waals surface area contributed by atoms with Crippen LogP contribution in [0.25, 0.3) is 0 Å². The van der Waals surface area contributed by atoms with Crippen LogP contribution in [-0.2, 0) is 10.0 Å². The van der Waals surface area contributed by atoms with Crippen molar-refractivity contribution in [1.29, 1.82) is 0 Å². The van der Waals surface area contributed by atoms with Gasteiger partial charge in [-0.15, -0.1) is 6.58 Å².